The largest absolute Gasteiger partial charge is 0.320 e. The molecule has 1 N–H and O–H groups in total. The van der Waals surface area contributed by atoms with Gasteiger partial charge in [-0.3, -0.25) is 0 Å². The zero-order chi connectivity index (χ0) is 8.81. The van der Waals surface area contributed by atoms with Crippen LogP contribution in [0.3, 0.4) is 0 Å². The van der Waals surface area contributed by atoms with Crippen molar-refractivity contribution in [3.8, 4) is 6.07 Å². The van der Waals surface area contributed by atoms with Gasteiger partial charge in [-0.15, -0.1) is 5.10 Å². The van der Waals surface area contributed by atoms with Crippen molar-refractivity contribution in [1.29, 1.82) is 5.26 Å². The van der Waals surface area contributed by atoms with Crippen LogP contribution in [0, 0.1) is 11.3 Å². The summed E-state index contributed by atoms with van der Waals surface area (Å²) in [6.45, 7) is 1.69. The molecule has 0 aliphatic rings. The van der Waals surface area contributed by atoms with Crippen molar-refractivity contribution in [3.05, 3.63) is 11.9 Å². The maximum absolute atomic E-state index is 8.44. The summed E-state index contributed by atoms with van der Waals surface area (Å²) in [4.78, 5) is 1.54. The van der Waals surface area contributed by atoms with Crippen molar-refractivity contribution in [2.45, 2.75) is 13.0 Å². The molecule has 1 aromatic heterocycles. The van der Waals surface area contributed by atoms with Gasteiger partial charge in [-0.1, -0.05) is 0 Å². The molecule has 0 saturated heterocycles. The monoisotopic (exact) mass is 165 g/mol. The Labute approximate surface area is 71.0 Å². The first-order chi connectivity index (χ1) is 5.86. The highest BCUT2D eigenvalue weighted by Crippen LogP contribution is 1.89. The summed E-state index contributed by atoms with van der Waals surface area (Å²) >= 11 is 0. The summed E-state index contributed by atoms with van der Waals surface area (Å²) < 4.78 is 0. The molecule has 0 aliphatic heterocycles. The number of rotatable bonds is 4. The molecule has 0 unspecified atom stereocenters. The molecule has 0 aliphatic carbocycles. The van der Waals surface area contributed by atoms with Crippen molar-refractivity contribution >= 4 is 0 Å². The van der Waals surface area contributed by atoms with Gasteiger partial charge in [-0.2, -0.15) is 15.2 Å². The molecule has 0 atom stereocenters. The van der Waals surface area contributed by atoms with Gasteiger partial charge in [0.25, 0.3) is 0 Å². The third-order valence-electron chi connectivity index (χ3n) is 1.44. The Morgan fingerprint density at radius 3 is 3.17 bits per heavy atom. The number of nitriles is 1. The molecule has 1 heterocycles. The quantitative estimate of drug-likeness (QED) is 0.625. The number of aromatic nitrogens is 3. The standard InChI is InChI=1S/C7H11N5/c1-9-3-2-4-12-10-6-7(5-8)11-12/h6,9H,2-4H2,1H3. The Balaban J connectivity index is 2.38. The normalized spacial score (nSPS) is 9.67. The maximum Gasteiger partial charge on any atom is 0.182 e. The van der Waals surface area contributed by atoms with Gasteiger partial charge in [0.1, 0.15) is 6.07 Å². The molecule has 1 aromatic rings. The van der Waals surface area contributed by atoms with E-state index in [1.165, 1.54) is 11.0 Å². The van der Waals surface area contributed by atoms with Crippen LogP contribution in [-0.2, 0) is 6.54 Å². The lowest BCUT2D eigenvalue weighted by Crippen LogP contribution is -2.12. The van der Waals surface area contributed by atoms with E-state index < -0.39 is 0 Å². The predicted molar refractivity (Wildman–Crippen MR) is 43.3 cm³/mol. The van der Waals surface area contributed by atoms with E-state index in [0.717, 1.165) is 19.5 Å². The van der Waals surface area contributed by atoms with Crippen molar-refractivity contribution < 1.29 is 0 Å². The minimum atomic E-state index is 0.374. The topological polar surface area (TPSA) is 66.5 Å². The van der Waals surface area contributed by atoms with Crippen LogP contribution in [-0.4, -0.2) is 28.6 Å². The van der Waals surface area contributed by atoms with Crippen LogP contribution >= 0.6 is 0 Å². The van der Waals surface area contributed by atoms with Crippen LogP contribution in [0.2, 0.25) is 0 Å². The molecule has 0 aromatic carbocycles. The smallest absolute Gasteiger partial charge is 0.182 e. The lowest BCUT2D eigenvalue weighted by Gasteiger charge is -1.97. The first-order valence-electron chi connectivity index (χ1n) is 3.81. The molecule has 12 heavy (non-hydrogen) atoms. The number of hydrogen-bond donors (Lipinski definition) is 1. The van der Waals surface area contributed by atoms with Gasteiger partial charge >= 0.3 is 0 Å². The highest BCUT2D eigenvalue weighted by atomic mass is 15.5. The summed E-state index contributed by atoms with van der Waals surface area (Å²) in [5.74, 6) is 0. The molecule has 0 saturated carbocycles. The van der Waals surface area contributed by atoms with E-state index in [0.29, 0.717) is 5.69 Å². The van der Waals surface area contributed by atoms with Crippen LogP contribution in [0.5, 0.6) is 0 Å². The Hall–Kier alpha value is -1.41. The molecule has 0 amide bonds. The lowest BCUT2D eigenvalue weighted by molar-refractivity contribution is 0.503. The van der Waals surface area contributed by atoms with E-state index in [2.05, 4.69) is 15.5 Å². The van der Waals surface area contributed by atoms with Gasteiger partial charge in [0.15, 0.2) is 5.69 Å². The molecule has 1 rings (SSSR count). The second-order valence-corrected chi connectivity index (χ2v) is 2.39. The van der Waals surface area contributed by atoms with Crippen LogP contribution in [0.25, 0.3) is 0 Å². The number of hydrogen-bond acceptors (Lipinski definition) is 4. The maximum atomic E-state index is 8.44. The second kappa shape index (κ2) is 4.46. The van der Waals surface area contributed by atoms with E-state index in [-0.39, 0.29) is 0 Å². The molecule has 0 spiro atoms. The fourth-order valence-electron chi connectivity index (χ4n) is 0.854. The lowest BCUT2D eigenvalue weighted by atomic mass is 10.4. The summed E-state index contributed by atoms with van der Waals surface area (Å²) in [7, 11) is 1.90. The predicted octanol–water partition coefficient (Wildman–Crippen LogP) is -0.241. The SMILES string of the molecule is CNCCCn1ncc(C#N)n1. The highest BCUT2D eigenvalue weighted by molar-refractivity contribution is 5.12. The number of nitrogens with zero attached hydrogens (tertiary/aromatic N) is 4. The molecule has 0 radical (unpaired) electrons. The van der Waals surface area contributed by atoms with Crippen LogP contribution in [0.15, 0.2) is 6.20 Å². The first-order valence-corrected chi connectivity index (χ1v) is 3.81. The average Bonchev–Trinajstić information content (AvgIpc) is 2.53. The summed E-state index contributed by atoms with van der Waals surface area (Å²) in [5.41, 5.74) is 0.374. The van der Waals surface area contributed by atoms with Crippen LogP contribution in [0.1, 0.15) is 12.1 Å². The molecule has 5 nitrogen and oxygen atoms in total. The minimum absolute atomic E-state index is 0.374. The summed E-state index contributed by atoms with van der Waals surface area (Å²) in [5, 5.41) is 19.3. The average molecular weight is 165 g/mol. The minimum Gasteiger partial charge on any atom is -0.320 e. The number of nitrogens with one attached hydrogen (secondary N) is 1. The molecular formula is C7H11N5. The molecular weight excluding hydrogens is 154 g/mol. The molecule has 64 valence electrons. The second-order valence-electron chi connectivity index (χ2n) is 2.39. The Bertz CT molecular complexity index is 272. The Kier molecular flexibility index (Phi) is 3.23. The van der Waals surface area contributed by atoms with Crippen LogP contribution < -0.4 is 5.32 Å². The van der Waals surface area contributed by atoms with Gasteiger partial charge in [0.2, 0.25) is 0 Å². The summed E-state index contributed by atoms with van der Waals surface area (Å²) in [6, 6.07) is 1.93. The van der Waals surface area contributed by atoms with E-state index in [1.54, 1.807) is 0 Å². The van der Waals surface area contributed by atoms with E-state index in [4.69, 9.17) is 5.26 Å². The third-order valence-corrected chi connectivity index (χ3v) is 1.44. The van der Waals surface area contributed by atoms with Gasteiger partial charge < -0.3 is 5.32 Å². The molecule has 0 fully saturated rings. The zero-order valence-electron chi connectivity index (χ0n) is 6.99. The van der Waals surface area contributed by atoms with E-state index in [1.807, 2.05) is 13.1 Å². The van der Waals surface area contributed by atoms with Gasteiger partial charge in [-0.25, -0.2) is 0 Å². The summed E-state index contributed by atoms with van der Waals surface area (Å²) in [6.07, 6.45) is 2.44. The van der Waals surface area contributed by atoms with Gasteiger partial charge in [-0.05, 0) is 20.0 Å². The molecule has 5 heteroatoms. The van der Waals surface area contributed by atoms with Crippen molar-refractivity contribution in [2.75, 3.05) is 13.6 Å². The fraction of sp³-hybridized carbons (Fsp3) is 0.571. The van der Waals surface area contributed by atoms with E-state index in [9.17, 15) is 0 Å². The zero-order valence-corrected chi connectivity index (χ0v) is 6.99. The van der Waals surface area contributed by atoms with Crippen molar-refractivity contribution in [3.63, 3.8) is 0 Å². The van der Waals surface area contributed by atoms with Crippen molar-refractivity contribution in [1.82, 2.24) is 20.3 Å². The van der Waals surface area contributed by atoms with Crippen LogP contribution in [0.4, 0.5) is 0 Å². The third kappa shape index (κ3) is 2.32. The fourth-order valence-corrected chi connectivity index (χ4v) is 0.854. The van der Waals surface area contributed by atoms with Gasteiger partial charge in [0.05, 0.1) is 12.7 Å². The number of aryl methyl sites for hydroxylation is 1. The Morgan fingerprint density at radius 1 is 1.75 bits per heavy atom. The Morgan fingerprint density at radius 2 is 2.58 bits per heavy atom. The van der Waals surface area contributed by atoms with Crippen molar-refractivity contribution in [2.24, 2.45) is 0 Å². The first kappa shape index (κ1) is 8.68. The highest BCUT2D eigenvalue weighted by Gasteiger charge is 1.96. The van der Waals surface area contributed by atoms with E-state index >= 15 is 0 Å². The van der Waals surface area contributed by atoms with Gasteiger partial charge in [0, 0.05) is 0 Å². The molecule has 0 bridgehead atoms.